The number of carbonyl (C=O) groups excluding carboxylic acids is 1. The van der Waals surface area contributed by atoms with E-state index in [0.717, 1.165) is 31.6 Å². The van der Waals surface area contributed by atoms with Gasteiger partial charge in [0.15, 0.2) is 0 Å². The van der Waals surface area contributed by atoms with Gasteiger partial charge in [0.25, 0.3) is 0 Å². The van der Waals surface area contributed by atoms with Crippen molar-refractivity contribution in [3.63, 3.8) is 0 Å². The van der Waals surface area contributed by atoms with E-state index in [1.807, 2.05) is 30.0 Å². The number of hydrogen-bond acceptors (Lipinski definition) is 3. The van der Waals surface area contributed by atoms with Gasteiger partial charge in [0, 0.05) is 12.7 Å². The maximum atomic E-state index is 12.5. The highest BCUT2D eigenvalue weighted by Gasteiger charge is 2.24. The molecule has 1 amide bonds. The Labute approximate surface area is 115 Å². The van der Waals surface area contributed by atoms with E-state index in [1.54, 1.807) is 6.20 Å². The van der Waals surface area contributed by atoms with Gasteiger partial charge in [-0.3, -0.25) is 9.78 Å². The second-order valence-corrected chi connectivity index (χ2v) is 5.03. The minimum atomic E-state index is -0.00818. The average molecular weight is 261 g/mol. The van der Waals surface area contributed by atoms with Crippen molar-refractivity contribution in [3.05, 3.63) is 30.1 Å². The third-order valence-corrected chi connectivity index (χ3v) is 3.63. The molecule has 1 aliphatic rings. The Kier molecular flexibility index (Phi) is 5.33. The summed E-state index contributed by atoms with van der Waals surface area (Å²) in [5.74, 6) is 0.218. The van der Waals surface area contributed by atoms with Gasteiger partial charge >= 0.3 is 0 Å². The molecule has 2 heterocycles. The fraction of sp³-hybridized carbons (Fsp3) is 0.600. The molecule has 4 heteroatoms. The summed E-state index contributed by atoms with van der Waals surface area (Å²) < 4.78 is 0. The summed E-state index contributed by atoms with van der Waals surface area (Å²) in [7, 11) is 0. The number of carbonyl (C=O) groups is 1. The van der Waals surface area contributed by atoms with Crippen molar-refractivity contribution >= 4 is 5.91 Å². The predicted molar refractivity (Wildman–Crippen MR) is 75.6 cm³/mol. The lowest BCUT2D eigenvalue weighted by Crippen LogP contribution is -2.45. The number of likely N-dealkylation sites (N-methyl/N-ethyl adjacent to an activating group) is 1. The van der Waals surface area contributed by atoms with Crippen LogP contribution in [0.15, 0.2) is 24.4 Å². The lowest BCUT2D eigenvalue weighted by molar-refractivity contribution is -0.134. The van der Waals surface area contributed by atoms with Crippen molar-refractivity contribution in [2.24, 2.45) is 0 Å². The third-order valence-electron chi connectivity index (χ3n) is 3.63. The molecule has 1 unspecified atom stereocenters. The zero-order valence-corrected chi connectivity index (χ0v) is 11.6. The summed E-state index contributed by atoms with van der Waals surface area (Å²) in [6, 6.07) is 5.82. The van der Waals surface area contributed by atoms with Gasteiger partial charge in [0.2, 0.25) is 5.91 Å². The van der Waals surface area contributed by atoms with Gasteiger partial charge in [-0.25, -0.2) is 0 Å². The predicted octanol–water partition coefficient (Wildman–Crippen LogP) is 1.96. The maximum absolute atomic E-state index is 12.5. The average Bonchev–Trinajstić information content (AvgIpc) is 2.74. The standard InChI is InChI=1S/C15H23N3O/c1-2-18(12-13-8-5-7-10-16-13)15(19)14-9-4-3-6-11-17-14/h5,7-8,10,14,17H,2-4,6,9,11-12H2,1H3. The molecule has 1 saturated heterocycles. The van der Waals surface area contributed by atoms with Crippen LogP contribution < -0.4 is 5.32 Å². The van der Waals surface area contributed by atoms with Crippen molar-refractivity contribution in [1.29, 1.82) is 0 Å². The topological polar surface area (TPSA) is 45.2 Å². The Morgan fingerprint density at radius 2 is 2.32 bits per heavy atom. The van der Waals surface area contributed by atoms with Crippen LogP contribution in [0.4, 0.5) is 0 Å². The van der Waals surface area contributed by atoms with Gasteiger partial charge in [-0.15, -0.1) is 0 Å². The largest absolute Gasteiger partial charge is 0.336 e. The van der Waals surface area contributed by atoms with Crippen molar-refractivity contribution < 1.29 is 4.79 Å². The van der Waals surface area contributed by atoms with E-state index in [1.165, 1.54) is 12.8 Å². The number of hydrogen-bond donors (Lipinski definition) is 1. The molecule has 0 bridgehead atoms. The van der Waals surface area contributed by atoms with Gasteiger partial charge in [0.05, 0.1) is 18.3 Å². The number of amides is 1. The molecule has 2 rings (SSSR count). The molecular weight excluding hydrogens is 238 g/mol. The highest BCUT2D eigenvalue weighted by atomic mass is 16.2. The number of nitrogens with one attached hydrogen (secondary N) is 1. The van der Waals surface area contributed by atoms with Crippen LogP contribution in [0.2, 0.25) is 0 Å². The van der Waals surface area contributed by atoms with Crippen LogP contribution in [0.3, 0.4) is 0 Å². The number of nitrogens with zero attached hydrogens (tertiary/aromatic N) is 2. The van der Waals surface area contributed by atoms with Crippen molar-refractivity contribution in [3.8, 4) is 0 Å². The Hall–Kier alpha value is -1.42. The first-order chi connectivity index (χ1) is 9.31. The van der Waals surface area contributed by atoms with Gasteiger partial charge in [-0.05, 0) is 38.4 Å². The Balaban J connectivity index is 1.98. The molecule has 1 N–H and O–H groups in total. The highest BCUT2D eigenvalue weighted by molar-refractivity contribution is 5.81. The molecule has 0 aliphatic carbocycles. The molecule has 104 valence electrons. The van der Waals surface area contributed by atoms with Gasteiger partial charge < -0.3 is 10.2 Å². The molecule has 0 aromatic carbocycles. The summed E-state index contributed by atoms with van der Waals surface area (Å²) >= 11 is 0. The highest BCUT2D eigenvalue weighted by Crippen LogP contribution is 2.12. The molecule has 19 heavy (non-hydrogen) atoms. The second-order valence-electron chi connectivity index (χ2n) is 5.03. The fourth-order valence-corrected chi connectivity index (χ4v) is 2.49. The first-order valence-corrected chi connectivity index (χ1v) is 7.23. The number of rotatable bonds is 4. The molecule has 0 saturated carbocycles. The Bertz CT molecular complexity index is 386. The fourth-order valence-electron chi connectivity index (χ4n) is 2.49. The Morgan fingerprint density at radius 1 is 1.42 bits per heavy atom. The zero-order chi connectivity index (χ0) is 13.5. The molecule has 1 aliphatic heterocycles. The lowest BCUT2D eigenvalue weighted by Gasteiger charge is -2.25. The third kappa shape index (κ3) is 4.03. The minimum Gasteiger partial charge on any atom is -0.336 e. The summed E-state index contributed by atoms with van der Waals surface area (Å²) in [6.45, 7) is 4.32. The first kappa shape index (κ1) is 14.0. The molecule has 1 aromatic heterocycles. The van der Waals surface area contributed by atoms with Crippen molar-refractivity contribution in [1.82, 2.24) is 15.2 Å². The minimum absolute atomic E-state index is 0.00818. The molecule has 4 nitrogen and oxygen atoms in total. The van der Waals surface area contributed by atoms with Gasteiger partial charge in [-0.2, -0.15) is 0 Å². The number of pyridine rings is 1. The molecule has 1 fully saturated rings. The summed E-state index contributed by atoms with van der Waals surface area (Å²) in [4.78, 5) is 18.7. The maximum Gasteiger partial charge on any atom is 0.240 e. The van der Waals surface area contributed by atoms with Crippen LogP contribution in [0, 0.1) is 0 Å². The SMILES string of the molecule is CCN(Cc1ccccn1)C(=O)C1CCCCCN1. The Morgan fingerprint density at radius 3 is 3.05 bits per heavy atom. The van der Waals surface area contributed by atoms with E-state index in [-0.39, 0.29) is 11.9 Å². The van der Waals surface area contributed by atoms with Crippen LogP contribution in [-0.2, 0) is 11.3 Å². The smallest absolute Gasteiger partial charge is 0.240 e. The molecular formula is C15H23N3O. The molecule has 0 radical (unpaired) electrons. The van der Waals surface area contributed by atoms with E-state index in [2.05, 4.69) is 10.3 Å². The van der Waals surface area contributed by atoms with Crippen LogP contribution in [0.1, 0.15) is 38.3 Å². The second kappa shape index (κ2) is 7.24. The van der Waals surface area contributed by atoms with Crippen LogP contribution >= 0.6 is 0 Å². The molecule has 1 aromatic rings. The van der Waals surface area contributed by atoms with Gasteiger partial charge in [-0.1, -0.05) is 18.9 Å². The quantitative estimate of drug-likeness (QED) is 0.901. The van der Waals surface area contributed by atoms with E-state index >= 15 is 0 Å². The summed E-state index contributed by atoms with van der Waals surface area (Å²) in [5, 5.41) is 3.37. The van der Waals surface area contributed by atoms with E-state index in [9.17, 15) is 4.79 Å². The first-order valence-electron chi connectivity index (χ1n) is 7.23. The summed E-state index contributed by atoms with van der Waals surface area (Å²) in [5.41, 5.74) is 0.950. The number of aromatic nitrogens is 1. The van der Waals surface area contributed by atoms with Crippen LogP contribution in [0.5, 0.6) is 0 Å². The monoisotopic (exact) mass is 261 g/mol. The van der Waals surface area contributed by atoms with Crippen LogP contribution in [-0.4, -0.2) is 34.9 Å². The van der Waals surface area contributed by atoms with E-state index in [0.29, 0.717) is 6.54 Å². The van der Waals surface area contributed by atoms with Crippen molar-refractivity contribution in [2.45, 2.75) is 45.2 Å². The van der Waals surface area contributed by atoms with Gasteiger partial charge in [0.1, 0.15) is 0 Å². The normalized spacial score (nSPS) is 19.7. The summed E-state index contributed by atoms with van der Waals surface area (Å²) in [6.07, 6.45) is 6.28. The van der Waals surface area contributed by atoms with Crippen molar-refractivity contribution in [2.75, 3.05) is 13.1 Å². The lowest BCUT2D eigenvalue weighted by atomic mass is 10.1. The zero-order valence-electron chi connectivity index (χ0n) is 11.6. The van der Waals surface area contributed by atoms with E-state index in [4.69, 9.17) is 0 Å². The molecule has 0 spiro atoms. The van der Waals surface area contributed by atoms with Crippen LogP contribution in [0.25, 0.3) is 0 Å². The van der Waals surface area contributed by atoms with E-state index < -0.39 is 0 Å². The molecule has 1 atom stereocenters.